The van der Waals surface area contributed by atoms with Crippen LogP contribution in [0.2, 0.25) is 0 Å². The fourth-order valence-electron chi connectivity index (χ4n) is 2.60. The van der Waals surface area contributed by atoms with Crippen molar-refractivity contribution in [1.82, 2.24) is 0 Å². The highest BCUT2D eigenvalue weighted by Crippen LogP contribution is 2.39. The van der Waals surface area contributed by atoms with Gasteiger partial charge in [0.15, 0.2) is 18.3 Å². The van der Waals surface area contributed by atoms with Crippen molar-refractivity contribution in [3.8, 4) is 23.0 Å². The number of methoxy groups -OCH3 is 2. The minimum atomic E-state index is -0.456. The molecule has 0 bridgehead atoms. The van der Waals surface area contributed by atoms with Gasteiger partial charge < -0.3 is 23.7 Å². The molecule has 0 amide bonds. The molecule has 0 spiro atoms. The molecule has 0 atom stereocenters. The van der Waals surface area contributed by atoms with Gasteiger partial charge in [-0.15, -0.1) is 0 Å². The fourth-order valence-corrected chi connectivity index (χ4v) is 2.60. The molecule has 132 valence electrons. The Morgan fingerprint density at radius 1 is 1.20 bits per heavy atom. The van der Waals surface area contributed by atoms with E-state index in [1.54, 1.807) is 18.2 Å². The van der Waals surface area contributed by atoms with Crippen molar-refractivity contribution in [3.63, 3.8) is 0 Å². The Labute approximate surface area is 144 Å². The average molecular weight is 347 g/mol. The number of rotatable bonds is 6. The number of para-hydroxylation sites is 1. The Kier molecular flexibility index (Phi) is 4.90. The molecular weight excluding hydrogens is 330 g/mol. The number of hydrogen-bond acceptors (Lipinski definition) is 7. The SMILES string of the molecule is COc1cccc(OC)c1OCc1cc([N+](=O)[O-])cc2c1OCOC2. The Morgan fingerprint density at radius 2 is 1.92 bits per heavy atom. The molecule has 3 rings (SSSR count). The Hall–Kier alpha value is -3.00. The first-order valence-electron chi connectivity index (χ1n) is 7.48. The first-order chi connectivity index (χ1) is 12.1. The van der Waals surface area contributed by atoms with Crippen LogP contribution in [0.4, 0.5) is 5.69 Å². The zero-order chi connectivity index (χ0) is 17.8. The number of hydrogen-bond donors (Lipinski definition) is 0. The molecule has 0 aliphatic carbocycles. The lowest BCUT2D eigenvalue weighted by Gasteiger charge is -2.21. The van der Waals surface area contributed by atoms with E-state index in [0.29, 0.717) is 34.1 Å². The maximum atomic E-state index is 11.2. The number of non-ortho nitro benzene ring substituents is 1. The summed E-state index contributed by atoms with van der Waals surface area (Å²) in [5.74, 6) is 1.97. The van der Waals surface area contributed by atoms with Gasteiger partial charge in [-0.25, -0.2) is 0 Å². The lowest BCUT2D eigenvalue weighted by molar-refractivity contribution is -0.385. The summed E-state index contributed by atoms with van der Waals surface area (Å²) < 4.78 is 27.1. The van der Waals surface area contributed by atoms with Crippen molar-refractivity contribution < 1.29 is 28.6 Å². The van der Waals surface area contributed by atoms with Crippen LogP contribution in [0.5, 0.6) is 23.0 Å². The van der Waals surface area contributed by atoms with E-state index >= 15 is 0 Å². The highest BCUT2D eigenvalue weighted by molar-refractivity contribution is 5.53. The minimum absolute atomic E-state index is 0.0431. The molecule has 0 aromatic heterocycles. The Morgan fingerprint density at radius 3 is 2.56 bits per heavy atom. The molecule has 1 aliphatic rings. The zero-order valence-corrected chi connectivity index (χ0v) is 13.8. The number of benzene rings is 2. The molecule has 0 saturated heterocycles. The van der Waals surface area contributed by atoms with Gasteiger partial charge in [-0.1, -0.05) is 6.07 Å². The molecule has 0 unspecified atom stereocenters. The van der Waals surface area contributed by atoms with E-state index in [0.717, 1.165) is 0 Å². The van der Waals surface area contributed by atoms with Gasteiger partial charge in [0.25, 0.3) is 5.69 Å². The van der Waals surface area contributed by atoms with Crippen molar-refractivity contribution in [2.75, 3.05) is 21.0 Å². The molecule has 8 nitrogen and oxygen atoms in total. The van der Waals surface area contributed by atoms with E-state index in [4.69, 9.17) is 23.7 Å². The lowest BCUT2D eigenvalue weighted by atomic mass is 10.1. The summed E-state index contributed by atoms with van der Waals surface area (Å²) in [6.07, 6.45) is 0. The molecule has 8 heteroatoms. The lowest BCUT2D eigenvalue weighted by Crippen LogP contribution is -2.14. The molecule has 2 aromatic carbocycles. The van der Waals surface area contributed by atoms with Crippen LogP contribution in [-0.4, -0.2) is 25.9 Å². The van der Waals surface area contributed by atoms with E-state index in [1.165, 1.54) is 26.4 Å². The molecule has 0 N–H and O–H groups in total. The normalized spacial score (nSPS) is 12.7. The zero-order valence-electron chi connectivity index (χ0n) is 13.8. The second-order valence-corrected chi connectivity index (χ2v) is 5.24. The summed E-state index contributed by atoms with van der Waals surface area (Å²) in [5.41, 5.74) is 1.13. The Balaban J connectivity index is 1.94. The Bertz CT molecular complexity index is 769. The first-order valence-corrected chi connectivity index (χ1v) is 7.48. The van der Waals surface area contributed by atoms with Crippen molar-refractivity contribution in [2.45, 2.75) is 13.2 Å². The second kappa shape index (κ2) is 7.27. The third-order valence-electron chi connectivity index (χ3n) is 3.74. The van der Waals surface area contributed by atoms with Crippen molar-refractivity contribution in [2.24, 2.45) is 0 Å². The summed E-state index contributed by atoms with van der Waals surface area (Å²) >= 11 is 0. The third-order valence-corrected chi connectivity index (χ3v) is 3.74. The van der Waals surface area contributed by atoms with Crippen LogP contribution < -0.4 is 18.9 Å². The molecule has 1 heterocycles. The number of nitro benzene ring substituents is 1. The minimum Gasteiger partial charge on any atom is -0.493 e. The summed E-state index contributed by atoms with van der Waals surface area (Å²) in [7, 11) is 3.05. The van der Waals surface area contributed by atoms with Crippen LogP contribution >= 0.6 is 0 Å². The van der Waals surface area contributed by atoms with Gasteiger partial charge in [0.2, 0.25) is 5.75 Å². The summed E-state index contributed by atoms with van der Waals surface area (Å²) in [6, 6.07) is 8.14. The van der Waals surface area contributed by atoms with Gasteiger partial charge in [0, 0.05) is 23.3 Å². The van der Waals surface area contributed by atoms with Gasteiger partial charge in [0.1, 0.15) is 12.4 Å². The molecule has 0 fully saturated rings. The second-order valence-electron chi connectivity index (χ2n) is 5.24. The maximum Gasteiger partial charge on any atom is 0.270 e. The van der Waals surface area contributed by atoms with Crippen molar-refractivity contribution in [3.05, 3.63) is 51.6 Å². The molecule has 0 radical (unpaired) electrons. The predicted molar refractivity (Wildman–Crippen MR) is 87.3 cm³/mol. The molecule has 2 aromatic rings. The topological polar surface area (TPSA) is 89.3 Å². The van der Waals surface area contributed by atoms with Crippen LogP contribution in [0.15, 0.2) is 30.3 Å². The van der Waals surface area contributed by atoms with Gasteiger partial charge >= 0.3 is 0 Å². The fraction of sp³-hybridized carbons (Fsp3) is 0.294. The number of nitrogens with zero attached hydrogens (tertiary/aromatic N) is 1. The van der Waals surface area contributed by atoms with E-state index in [9.17, 15) is 10.1 Å². The molecule has 25 heavy (non-hydrogen) atoms. The van der Waals surface area contributed by atoms with Crippen LogP contribution in [0.25, 0.3) is 0 Å². The highest BCUT2D eigenvalue weighted by atomic mass is 16.7. The van der Waals surface area contributed by atoms with Crippen molar-refractivity contribution >= 4 is 5.69 Å². The van der Waals surface area contributed by atoms with Crippen LogP contribution in [0.3, 0.4) is 0 Å². The van der Waals surface area contributed by atoms with Gasteiger partial charge in [0.05, 0.1) is 25.7 Å². The van der Waals surface area contributed by atoms with Gasteiger partial charge in [-0.3, -0.25) is 10.1 Å². The number of nitro groups is 1. The largest absolute Gasteiger partial charge is 0.493 e. The van der Waals surface area contributed by atoms with E-state index in [1.807, 2.05) is 0 Å². The standard InChI is InChI=1S/C17H17NO7/c1-21-14-4-3-5-15(22-2)17(14)24-9-12-7-13(18(19)20)6-11-8-23-10-25-16(11)12/h3-7H,8-10H2,1-2H3. The molecule has 1 aliphatic heterocycles. The smallest absolute Gasteiger partial charge is 0.270 e. The van der Waals surface area contributed by atoms with Crippen LogP contribution in [0, 0.1) is 10.1 Å². The van der Waals surface area contributed by atoms with Gasteiger partial charge in [-0.05, 0) is 12.1 Å². The highest BCUT2D eigenvalue weighted by Gasteiger charge is 2.22. The van der Waals surface area contributed by atoms with E-state index in [2.05, 4.69) is 0 Å². The summed E-state index contributed by atoms with van der Waals surface area (Å²) in [5, 5.41) is 11.2. The quantitative estimate of drug-likeness (QED) is 0.586. The van der Waals surface area contributed by atoms with Crippen molar-refractivity contribution in [1.29, 1.82) is 0 Å². The number of ether oxygens (including phenoxy) is 5. The average Bonchev–Trinajstić information content (AvgIpc) is 2.65. The van der Waals surface area contributed by atoms with E-state index < -0.39 is 4.92 Å². The first kappa shape index (κ1) is 16.8. The molecule has 0 saturated carbocycles. The third kappa shape index (κ3) is 3.43. The van der Waals surface area contributed by atoms with Crippen LogP contribution in [-0.2, 0) is 18.0 Å². The predicted octanol–water partition coefficient (Wildman–Crippen LogP) is 3.06. The molecular formula is C17H17NO7. The number of fused-ring (bicyclic) bond motifs is 1. The van der Waals surface area contributed by atoms with Crippen LogP contribution in [0.1, 0.15) is 11.1 Å². The summed E-state index contributed by atoms with van der Waals surface area (Å²) in [6.45, 7) is 0.401. The monoisotopic (exact) mass is 347 g/mol. The van der Waals surface area contributed by atoms with E-state index in [-0.39, 0.29) is 25.7 Å². The summed E-state index contributed by atoms with van der Waals surface area (Å²) in [4.78, 5) is 10.7. The van der Waals surface area contributed by atoms with Gasteiger partial charge in [-0.2, -0.15) is 0 Å². The maximum absolute atomic E-state index is 11.2.